The van der Waals surface area contributed by atoms with Crippen LogP contribution in [0.5, 0.6) is 0 Å². The van der Waals surface area contributed by atoms with Crippen LogP contribution in [0.25, 0.3) is 82.4 Å². The van der Waals surface area contributed by atoms with Crippen LogP contribution in [-0.4, -0.2) is 4.57 Å². The van der Waals surface area contributed by atoms with Crippen LogP contribution in [0, 0.1) is 0 Å². The Hall–Kier alpha value is -9.24. The summed E-state index contributed by atoms with van der Waals surface area (Å²) < 4.78 is 2.55. The van der Waals surface area contributed by atoms with E-state index < -0.39 is 5.41 Å². The van der Waals surface area contributed by atoms with Crippen molar-refractivity contribution in [1.29, 1.82) is 0 Å². The second-order valence-corrected chi connectivity index (χ2v) is 18.7. The Morgan fingerprint density at radius 2 is 0.803 bits per heavy atom. The van der Waals surface area contributed by atoms with E-state index in [1.807, 2.05) is 0 Å². The lowest BCUT2D eigenvalue weighted by atomic mass is 9.67. The maximum absolute atomic E-state index is 2.55. The molecule has 1 aromatic heterocycles. The van der Waals surface area contributed by atoms with Crippen molar-refractivity contribution >= 4 is 60.4 Å². The highest BCUT2D eigenvalue weighted by Crippen LogP contribution is 2.58. The Balaban J connectivity index is 0.980. The first kappa shape index (κ1) is 40.8. The summed E-state index contributed by atoms with van der Waals surface area (Å²) in [7, 11) is 0. The van der Waals surface area contributed by atoms with Gasteiger partial charge < -0.3 is 9.47 Å². The molecule has 1 aliphatic carbocycles. The van der Waals surface area contributed by atoms with Crippen molar-refractivity contribution in [3.8, 4) is 39.1 Å². The zero-order chi connectivity index (χ0) is 46.9. The molecule has 14 rings (SSSR count). The van der Waals surface area contributed by atoms with E-state index in [-0.39, 0.29) is 0 Å². The maximum Gasteiger partial charge on any atom is 0.0734 e. The maximum atomic E-state index is 2.55. The SMILES string of the molecule is c1ccc(C2(c3ccccc3)c3ccccc3-c3cccc(-n4c5ccccc5c5ccc(-c6ccccc6-c6cccc(N(c7cccc8ccccc78)c7cccc8ccccc78)c6)cc54)c32)cc1. The molecule has 0 bridgehead atoms. The summed E-state index contributed by atoms with van der Waals surface area (Å²) in [5.41, 5.74) is 18.7. The molecule has 71 heavy (non-hydrogen) atoms. The number of anilines is 3. The van der Waals surface area contributed by atoms with Crippen molar-refractivity contribution in [1.82, 2.24) is 4.57 Å². The number of aromatic nitrogens is 1. The molecule has 0 radical (unpaired) electrons. The first-order valence-corrected chi connectivity index (χ1v) is 24.6. The quantitative estimate of drug-likeness (QED) is 0.147. The summed E-state index contributed by atoms with van der Waals surface area (Å²) in [5.74, 6) is 0. The topological polar surface area (TPSA) is 8.17 Å². The first-order chi connectivity index (χ1) is 35.3. The predicted molar refractivity (Wildman–Crippen MR) is 299 cm³/mol. The average molecular weight is 903 g/mol. The molecule has 0 fully saturated rings. The number of rotatable bonds is 8. The van der Waals surface area contributed by atoms with Crippen molar-refractivity contribution in [3.63, 3.8) is 0 Å². The summed E-state index contributed by atoms with van der Waals surface area (Å²) in [4.78, 5) is 2.45. The van der Waals surface area contributed by atoms with E-state index in [9.17, 15) is 0 Å². The van der Waals surface area contributed by atoms with Gasteiger partial charge in [0, 0.05) is 32.8 Å². The smallest absolute Gasteiger partial charge is 0.0734 e. The Morgan fingerprint density at radius 3 is 1.48 bits per heavy atom. The Bertz CT molecular complexity index is 4050. The molecular formula is C69H46N2. The van der Waals surface area contributed by atoms with Gasteiger partial charge >= 0.3 is 0 Å². The van der Waals surface area contributed by atoms with Crippen LogP contribution in [0.15, 0.2) is 279 Å². The summed E-state index contributed by atoms with van der Waals surface area (Å²) in [6, 6.07) is 103. The van der Waals surface area contributed by atoms with Crippen LogP contribution in [0.2, 0.25) is 0 Å². The van der Waals surface area contributed by atoms with E-state index in [0.717, 1.165) is 28.2 Å². The minimum absolute atomic E-state index is 0.566. The molecule has 1 heterocycles. The normalized spacial score (nSPS) is 12.6. The highest BCUT2D eigenvalue weighted by atomic mass is 15.1. The van der Waals surface area contributed by atoms with E-state index in [4.69, 9.17) is 0 Å². The van der Waals surface area contributed by atoms with Crippen molar-refractivity contribution in [2.24, 2.45) is 0 Å². The molecule has 12 aromatic carbocycles. The molecule has 0 aliphatic heterocycles. The number of nitrogens with zero attached hydrogens (tertiary/aromatic N) is 2. The first-order valence-electron chi connectivity index (χ1n) is 24.6. The number of para-hydroxylation sites is 1. The van der Waals surface area contributed by atoms with Gasteiger partial charge in [-0.25, -0.2) is 0 Å². The molecule has 0 saturated carbocycles. The van der Waals surface area contributed by atoms with Gasteiger partial charge in [-0.05, 0) is 103 Å². The van der Waals surface area contributed by atoms with E-state index in [1.54, 1.807) is 0 Å². The minimum Gasteiger partial charge on any atom is -0.309 e. The fourth-order valence-corrected chi connectivity index (χ4v) is 12.1. The summed E-state index contributed by atoms with van der Waals surface area (Å²) in [6.07, 6.45) is 0. The van der Waals surface area contributed by atoms with E-state index in [2.05, 4.69) is 289 Å². The van der Waals surface area contributed by atoms with Crippen LogP contribution in [0.4, 0.5) is 17.1 Å². The Morgan fingerprint density at radius 1 is 0.310 bits per heavy atom. The molecular weight excluding hydrogens is 857 g/mol. The monoisotopic (exact) mass is 902 g/mol. The van der Waals surface area contributed by atoms with E-state index in [0.29, 0.717) is 0 Å². The third kappa shape index (κ3) is 6.28. The van der Waals surface area contributed by atoms with Gasteiger partial charge in [0.2, 0.25) is 0 Å². The van der Waals surface area contributed by atoms with Crippen LogP contribution >= 0.6 is 0 Å². The number of hydrogen-bond donors (Lipinski definition) is 0. The van der Waals surface area contributed by atoms with E-state index in [1.165, 1.54) is 93.5 Å². The van der Waals surface area contributed by atoms with Crippen molar-refractivity contribution in [3.05, 3.63) is 301 Å². The lowest BCUT2D eigenvalue weighted by Crippen LogP contribution is -2.29. The Kier molecular flexibility index (Phi) is 9.47. The van der Waals surface area contributed by atoms with Gasteiger partial charge in [-0.15, -0.1) is 0 Å². The fraction of sp³-hybridized carbons (Fsp3) is 0.0145. The molecule has 13 aromatic rings. The summed E-state index contributed by atoms with van der Waals surface area (Å²) in [5, 5.41) is 7.28. The van der Waals surface area contributed by atoms with Crippen molar-refractivity contribution in [2.45, 2.75) is 5.41 Å². The van der Waals surface area contributed by atoms with Gasteiger partial charge in [0.1, 0.15) is 0 Å². The zero-order valence-electron chi connectivity index (χ0n) is 39.0. The zero-order valence-corrected chi connectivity index (χ0v) is 39.0. The highest BCUT2D eigenvalue weighted by molar-refractivity contribution is 6.11. The molecule has 0 spiro atoms. The van der Waals surface area contributed by atoms with Gasteiger partial charge in [0.25, 0.3) is 0 Å². The number of benzene rings is 12. The second kappa shape index (κ2) is 16.5. The van der Waals surface area contributed by atoms with Gasteiger partial charge in [0.05, 0.1) is 33.5 Å². The molecule has 2 heteroatoms. The molecule has 0 amide bonds. The predicted octanol–water partition coefficient (Wildman–Crippen LogP) is 18.3. The van der Waals surface area contributed by atoms with Crippen LogP contribution < -0.4 is 4.90 Å². The molecule has 1 aliphatic rings. The van der Waals surface area contributed by atoms with E-state index >= 15 is 0 Å². The van der Waals surface area contributed by atoms with Crippen LogP contribution in [-0.2, 0) is 5.41 Å². The number of fused-ring (bicyclic) bond motifs is 8. The fourth-order valence-electron chi connectivity index (χ4n) is 12.1. The van der Waals surface area contributed by atoms with Gasteiger partial charge in [-0.1, -0.05) is 237 Å². The molecule has 332 valence electrons. The molecule has 0 saturated heterocycles. The molecule has 2 nitrogen and oxygen atoms in total. The third-order valence-electron chi connectivity index (χ3n) is 15.0. The van der Waals surface area contributed by atoms with Gasteiger partial charge in [0.15, 0.2) is 0 Å². The highest BCUT2D eigenvalue weighted by Gasteiger charge is 2.48. The summed E-state index contributed by atoms with van der Waals surface area (Å²) >= 11 is 0. The van der Waals surface area contributed by atoms with Crippen LogP contribution in [0.3, 0.4) is 0 Å². The standard InChI is InChI=1S/C69H46N2/c1-3-26-51(27-4-1)69(52-28-5-2-6-29-52)62-38-15-13-35-58(62)61-37-20-42-66(68(61)69)71-65-39-16-14-36-59(65)60-44-43-50(46-67(60)71)55-32-12-11-31-54(55)49-25-17-30-53(45-49)70(63-40-18-23-47-21-7-9-33-56(47)63)64-41-19-24-48-22-8-10-34-57(48)64/h1-46H. The van der Waals surface area contributed by atoms with Crippen molar-refractivity contribution in [2.75, 3.05) is 4.90 Å². The lowest BCUT2D eigenvalue weighted by Gasteiger charge is -2.35. The van der Waals surface area contributed by atoms with Gasteiger partial charge in [-0.2, -0.15) is 0 Å². The second-order valence-electron chi connectivity index (χ2n) is 18.7. The summed E-state index contributed by atoms with van der Waals surface area (Å²) in [6.45, 7) is 0. The van der Waals surface area contributed by atoms with Crippen LogP contribution in [0.1, 0.15) is 22.3 Å². The van der Waals surface area contributed by atoms with Crippen molar-refractivity contribution < 1.29 is 0 Å². The van der Waals surface area contributed by atoms with Gasteiger partial charge in [-0.3, -0.25) is 0 Å². The Labute approximate surface area is 413 Å². The molecule has 0 N–H and O–H groups in total. The average Bonchev–Trinajstić information content (AvgIpc) is 3.95. The minimum atomic E-state index is -0.566. The third-order valence-corrected chi connectivity index (χ3v) is 15.0. The largest absolute Gasteiger partial charge is 0.309 e. The lowest BCUT2D eigenvalue weighted by molar-refractivity contribution is 0.762. The number of hydrogen-bond acceptors (Lipinski definition) is 1. The molecule has 0 unspecified atom stereocenters. The molecule has 0 atom stereocenters.